The number of ether oxygens (including phenoxy) is 1. The zero-order valence-electron chi connectivity index (χ0n) is 17.0. The van der Waals surface area contributed by atoms with Crippen molar-refractivity contribution in [2.45, 2.75) is 12.8 Å². The van der Waals surface area contributed by atoms with Gasteiger partial charge < -0.3 is 26.6 Å². The largest absolute Gasteiger partial charge is 0.489 e. The van der Waals surface area contributed by atoms with E-state index < -0.39 is 34.5 Å². The van der Waals surface area contributed by atoms with Gasteiger partial charge in [0.1, 0.15) is 23.9 Å². The number of amides is 3. The Labute approximate surface area is 195 Å². The van der Waals surface area contributed by atoms with Gasteiger partial charge in [0.25, 0.3) is 5.91 Å². The number of aromatic nitrogens is 1. The van der Waals surface area contributed by atoms with E-state index in [9.17, 15) is 27.2 Å². The van der Waals surface area contributed by atoms with Crippen molar-refractivity contribution in [1.82, 2.24) is 4.98 Å². The van der Waals surface area contributed by atoms with Crippen molar-refractivity contribution in [1.29, 1.82) is 0 Å². The average Bonchev–Trinajstić information content (AvgIpc) is 2.74. The second-order valence-electron chi connectivity index (χ2n) is 6.62. The van der Waals surface area contributed by atoms with Crippen LogP contribution in [0.1, 0.15) is 21.6 Å². The van der Waals surface area contributed by atoms with E-state index in [-0.39, 0.29) is 34.9 Å². The third kappa shape index (κ3) is 6.80. The third-order valence-electron chi connectivity index (χ3n) is 4.20. The Balaban J connectivity index is 0.00000408. The second kappa shape index (κ2) is 10.8. The molecular formula is C21H17ClF4N4O4. The topological polar surface area (TPSA) is 138 Å². The Morgan fingerprint density at radius 2 is 1.79 bits per heavy atom. The first kappa shape index (κ1) is 26.4. The molecule has 6 N–H and O–H groups in total. The van der Waals surface area contributed by atoms with Crippen molar-refractivity contribution in [3.05, 3.63) is 82.4 Å². The molecule has 3 rings (SSSR count). The van der Waals surface area contributed by atoms with Gasteiger partial charge in [0.15, 0.2) is 0 Å². The minimum absolute atomic E-state index is 0. The predicted molar refractivity (Wildman–Crippen MR) is 116 cm³/mol. The third-order valence-corrected chi connectivity index (χ3v) is 4.53. The van der Waals surface area contributed by atoms with Crippen LogP contribution >= 0.6 is 11.6 Å². The Morgan fingerprint density at radius 3 is 2.44 bits per heavy atom. The molecule has 0 unspecified atom stereocenters. The lowest BCUT2D eigenvalue weighted by molar-refractivity contribution is -0.137. The van der Waals surface area contributed by atoms with Crippen LogP contribution in [0.4, 0.5) is 33.7 Å². The van der Waals surface area contributed by atoms with Crippen molar-refractivity contribution in [2.24, 2.45) is 5.73 Å². The Kier molecular flexibility index (Phi) is 8.38. The van der Waals surface area contributed by atoms with Crippen molar-refractivity contribution < 1.29 is 37.4 Å². The molecule has 0 atom stereocenters. The zero-order valence-corrected chi connectivity index (χ0v) is 17.8. The van der Waals surface area contributed by atoms with Crippen molar-refractivity contribution in [3.63, 3.8) is 0 Å². The molecule has 3 amide bonds. The number of primary amides is 1. The molecule has 0 saturated carbocycles. The highest BCUT2D eigenvalue weighted by Crippen LogP contribution is 2.36. The second-order valence-corrected chi connectivity index (χ2v) is 7.02. The van der Waals surface area contributed by atoms with E-state index in [1.807, 2.05) is 0 Å². The smallest absolute Gasteiger partial charge is 0.417 e. The number of nitrogens with zero attached hydrogens (tertiary/aromatic N) is 1. The number of carbonyl (C=O) groups is 2. The van der Waals surface area contributed by atoms with Crippen LogP contribution in [-0.2, 0) is 12.8 Å². The van der Waals surface area contributed by atoms with Gasteiger partial charge in [-0.3, -0.25) is 9.78 Å². The molecule has 3 aromatic rings. The summed E-state index contributed by atoms with van der Waals surface area (Å²) in [5.41, 5.74) is 4.25. The Bertz CT molecular complexity index is 1210. The number of nitrogens with two attached hydrogens (primary N) is 1. The van der Waals surface area contributed by atoms with Crippen LogP contribution in [0.2, 0.25) is 5.02 Å². The maximum absolute atomic E-state index is 14.4. The number of anilines is 2. The van der Waals surface area contributed by atoms with Crippen LogP contribution in [0.3, 0.4) is 0 Å². The number of rotatable bonds is 6. The molecule has 0 radical (unpaired) electrons. The quantitative estimate of drug-likeness (QED) is 0.432. The van der Waals surface area contributed by atoms with E-state index in [0.29, 0.717) is 11.6 Å². The van der Waals surface area contributed by atoms with Crippen molar-refractivity contribution in [3.8, 4) is 5.75 Å². The fraction of sp³-hybridized carbons (Fsp3) is 0.0952. The SMILES string of the molecule is NC(=O)c1cc(COc2ccc(NC(=O)Nc3ccc(Cl)c(C(F)(F)F)c3)c(F)c2)ccn1.O. The fourth-order valence-electron chi connectivity index (χ4n) is 2.66. The number of nitrogens with one attached hydrogen (secondary N) is 2. The van der Waals surface area contributed by atoms with Crippen LogP contribution in [-0.4, -0.2) is 22.4 Å². The van der Waals surface area contributed by atoms with Gasteiger partial charge in [-0.05, 0) is 48.0 Å². The Hall–Kier alpha value is -3.90. The molecule has 0 aliphatic carbocycles. The van der Waals surface area contributed by atoms with E-state index in [1.165, 1.54) is 30.5 Å². The summed E-state index contributed by atoms with van der Waals surface area (Å²) in [5.74, 6) is -1.42. The molecule has 34 heavy (non-hydrogen) atoms. The molecule has 0 fully saturated rings. The Morgan fingerprint density at radius 1 is 1.06 bits per heavy atom. The molecule has 0 aliphatic rings. The van der Waals surface area contributed by atoms with E-state index >= 15 is 0 Å². The van der Waals surface area contributed by atoms with Crippen LogP contribution in [0.5, 0.6) is 5.75 Å². The molecule has 0 aliphatic heterocycles. The van der Waals surface area contributed by atoms with Gasteiger partial charge in [0.05, 0.1) is 16.3 Å². The normalized spacial score (nSPS) is 10.7. The number of pyridine rings is 1. The summed E-state index contributed by atoms with van der Waals surface area (Å²) in [6.45, 7) is -0.00634. The van der Waals surface area contributed by atoms with Gasteiger partial charge in [-0.25, -0.2) is 9.18 Å². The molecule has 0 saturated heterocycles. The molecule has 8 nitrogen and oxygen atoms in total. The molecule has 180 valence electrons. The highest BCUT2D eigenvalue weighted by molar-refractivity contribution is 6.31. The maximum Gasteiger partial charge on any atom is 0.417 e. The standard InChI is InChI=1S/C21H15ClF4N4O3.H2O/c22-15-3-1-12(8-14(15)21(24,25)26)29-20(32)30-17-4-2-13(9-16(17)23)33-10-11-5-6-28-18(7-11)19(27)31;/h1-9H,10H2,(H2,27,31)(H2,29,30,32);1H2. The van der Waals surface area contributed by atoms with Gasteiger partial charge in [0, 0.05) is 18.0 Å². The number of halogens is 5. The van der Waals surface area contributed by atoms with Gasteiger partial charge in [-0.1, -0.05) is 11.6 Å². The summed E-state index contributed by atoms with van der Waals surface area (Å²) >= 11 is 5.54. The first-order valence-electron chi connectivity index (χ1n) is 9.15. The molecule has 2 aromatic carbocycles. The highest BCUT2D eigenvalue weighted by Gasteiger charge is 2.33. The van der Waals surface area contributed by atoms with E-state index in [0.717, 1.165) is 12.1 Å². The molecular weight excluding hydrogens is 484 g/mol. The lowest BCUT2D eigenvalue weighted by Crippen LogP contribution is -2.20. The summed E-state index contributed by atoms with van der Waals surface area (Å²) in [6.07, 6.45) is -3.33. The molecule has 0 bridgehead atoms. The summed E-state index contributed by atoms with van der Waals surface area (Å²) in [4.78, 5) is 27.0. The van der Waals surface area contributed by atoms with Crippen LogP contribution < -0.4 is 21.1 Å². The van der Waals surface area contributed by atoms with Crippen LogP contribution in [0, 0.1) is 5.82 Å². The fourth-order valence-corrected chi connectivity index (χ4v) is 2.88. The number of carbonyl (C=O) groups excluding carboxylic acids is 2. The van der Waals surface area contributed by atoms with Gasteiger partial charge in [0.2, 0.25) is 0 Å². The average molecular weight is 501 g/mol. The van der Waals surface area contributed by atoms with Crippen molar-refractivity contribution in [2.75, 3.05) is 10.6 Å². The van der Waals surface area contributed by atoms with E-state index in [2.05, 4.69) is 15.6 Å². The summed E-state index contributed by atoms with van der Waals surface area (Å²) in [5, 5.41) is 3.86. The minimum atomic E-state index is -4.70. The first-order chi connectivity index (χ1) is 15.5. The predicted octanol–water partition coefficient (Wildman–Crippen LogP) is 4.39. The number of alkyl halides is 3. The van der Waals surface area contributed by atoms with E-state index in [4.69, 9.17) is 22.1 Å². The van der Waals surface area contributed by atoms with Gasteiger partial charge in [-0.2, -0.15) is 13.2 Å². The number of hydrogen-bond acceptors (Lipinski definition) is 4. The molecule has 13 heteroatoms. The van der Waals surface area contributed by atoms with Gasteiger partial charge in [-0.15, -0.1) is 0 Å². The minimum Gasteiger partial charge on any atom is -0.489 e. The molecule has 1 heterocycles. The zero-order chi connectivity index (χ0) is 24.2. The van der Waals surface area contributed by atoms with Gasteiger partial charge >= 0.3 is 12.2 Å². The molecule has 1 aromatic heterocycles. The molecule has 0 spiro atoms. The monoisotopic (exact) mass is 500 g/mol. The van der Waals surface area contributed by atoms with Crippen molar-refractivity contribution >= 4 is 34.9 Å². The lowest BCUT2D eigenvalue weighted by Gasteiger charge is -2.13. The number of benzene rings is 2. The number of urea groups is 1. The first-order valence-corrected chi connectivity index (χ1v) is 9.52. The maximum atomic E-state index is 14.4. The summed E-state index contributed by atoms with van der Waals surface area (Å²) in [7, 11) is 0. The van der Waals surface area contributed by atoms with Crippen LogP contribution in [0.15, 0.2) is 54.7 Å². The highest BCUT2D eigenvalue weighted by atomic mass is 35.5. The van der Waals surface area contributed by atoms with Crippen LogP contribution in [0.25, 0.3) is 0 Å². The summed E-state index contributed by atoms with van der Waals surface area (Å²) < 4.78 is 58.6. The summed E-state index contributed by atoms with van der Waals surface area (Å²) in [6, 6.07) is 8.48. The number of hydrogen-bond donors (Lipinski definition) is 3. The van der Waals surface area contributed by atoms with E-state index in [1.54, 1.807) is 6.07 Å². The lowest BCUT2D eigenvalue weighted by atomic mass is 10.2.